The van der Waals surface area contributed by atoms with E-state index in [2.05, 4.69) is 184 Å². The van der Waals surface area contributed by atoms with Crippen LogP contribution in [0.4, 0.5) is 0 Å². The van der Waals surface area contributed by atoms with Crippen LogP contribution in [-0.2, 0) is 0 Å². The van der Waals surface area contributed by atoms with Gasteiger partial charge in [0.15, 0.2) is 17.5 Å². The van der Waals surface area contributed by atoms with Crippen molar-refractivity contribution >= 4 is 203 Å². The molecule has 17 heteroatoms. The van der Waals surface area contributed by atoms with Crippen LogP contribution in [0.25, 0.3) is 106 Å². The fraction of sp³-hybridized carbons (Fsp3) is 0. The third-order valence-electron chi connectivity index (χ3n) is 15.7. The van der Waals surface area contributed by atoms with E-state index in [4.69, 9.17) is 19.4 Å². The van der Waals surface area contributed by atoms with Crippen LogP contribution < -0.4 is 65.6 Å². The molecule has 0 aliphatic carbocycles. The van der Waals surface area contributed by atoms with Gasteiger partial charge in [0.2, 0.25) is 0 Å². The fourth-order valence-electron chi connectivity index (χ4n) is 11.1. The van der Waals surface area contributed by atoms with Gasteiger partial charge in [-0.25, -0.2) is 15.0 Å². The number of aromatic nitrogens is 4. The molecule has 0 bridgehead atoms. The van der Waals surface area contributed by atoms with Crippen molar-refractivity contribution in [1.82, 2.24) is 19.5 Å². The third-order valence-corrected chi connectivity index (χ3v) is 15.7. The Morgan fingerprint density at radius 2 is 0.750 bits per heavy atom. The highest BCUT2D eigenvalue weighted by Crippen LogP contribution is 2.36. The number of rotatable bonds is 6. The predicted octanol–water partition coefficient (Wildman–Crippen LogP) is -7.70. The van der Waals surface area contributed by atoms with Crippen LogP contribution in [0, 0.1) is 0 Å². The molecule has 0 atom stereocenters. The first-order chi connectivity index (χ1) is 32.7. The summed E-state index contributed by atoms with van der Waals surface area (Å²) in [4.78, 5) is 15.2. The Morgan fingerprint density at radius 1 is 0.324 bits per heavy atom. The maximum atomic E-state index is 6.90. The van der Waals surface area contributed by atoms with E-state index in [0.717, 1.165) is 55.4 Å². The number of nitrogens with zero attached hydrogens (tertiary/aromatic N) is 4. The summed E-state index contributed by atoms with van der Waals surface area (Å²) in [7, 11) is 27.7. The van der Waals surface area contributed by atoms with Gasteiger partial charge in [0.25, 0.3) is 0 Å². The minimum absolute atomic E-state index is 0.589. The van der Waals surface area contributed by atoms with E-state index in [9.17, 15) is 0 Å². The van der Waals surface area contributed by atoms with Crippen LogP contribution >= 0.6 is 0 Å². The highest BCUT2D eigenvalue weighted by Gasteiger charge is 2.27. The molecule has 3 heterocycles. The highest BCUT2D eigenvalue weighted by molar-refractivity contribution is 6.72. The van der Waals surface area contributed by atoms with Gasteiger partial charge in [0.05, 0.1) is 0 Å². The Hall–Kier alpha value is -6.85. The summed E-state index contributed by atoms with van der Waals surface area (Å²) in [5.41, 5.74) is 29.1. The van der Waals surface area contributed by atoms with Gasteiger partial charge in [0.1, 0.15) is 105 Å². The molecule has 0 fully saturated rings. The molecule has 0 unspecified atom stereocenters. The van der Waals surface area contributed by atoms with Crippen molar-refractivity contribution < 1.29 is 4.42 Å². The minimum Gasteiger partial charge on any atom is -0.456 e. The van der Waals surface area contributed by atoms with Crippen molar-refractivity contribution in [3.63, 3.8) is 0 Å². The summed E-state index contributed by atoms with van der Waals surface area (Å²) >= 11 is 0. The largest absolute Gasteiger partial charge is 0.456 e. The first kappa shape index (κ1) is 43.7. The minimum atomic E-state index is 0.589. The topological polar surface area (TPSA) is 56.7 Å². The van der Waals surface area contributed by atoms with Crippen molar-refractivity contribution in [2.75, 3.05) is 0 Å². The van der Waals surface area contributed by atoms with E-state index in [0.29, 0.717) is 17.5 Å². The highest BCUT2D eigenvalue weighted by atomic mass is 16.3. The van der Waals surface area contributed by atoms with Gasteiger partial charge in [-0.2, -0.15) is 0 Å². The Balaban J connectivity index is 1.10. The lowest BCUT2D eigenvalue weighted by Crippen LogP contribution is -2.56. The number of hydrogen-bond donors (Lipinski definition) is 0. The molecule has 0 radical (unpaired) electrons. The summed E-state index contributed by atoms with van der Waals surface area (Å²) in [5.74, 6) is 1.82. The Bertz CT molecular complexity index is 3920. The molecule has 0 aliphatic heterocycles. The lowest BCUT2D eigenvalue weighted by Gasteiger charge is -2.25. The molecular formula is C51H44B12N4O. The van der Waals surface area contributed by atoms with E-state index < -0.39 is 0 Å². The monoisotopic (exact) mass is 860 g/mol. The molecule has 68 heavy (non-hydrogen) atoms. The predicted molar refractivity (Wildman–Crippen MR) is 327 cm³/mol. The molecule has 11 rings (SSSR count). The zero-order valence-electron chi connectivity index (χ0n) is 41.2. The average Bonchev–Trinajstić information content (AvgIpc) is 3.93. The molecule has 0 saturated heterocycles. The lowest BCUT2D eigenvalue weighted by atomic mass is 9.57. The summed E-state index contributed by atoms with van der Waals surface area (Å²) in [6.07, 6.45) is 0. The van der Waals surface area contributed by atoms with E-state index in [1.807, 2.05) is 36.4 Å². The van der Waals surface area contributed by atoms with E-state index >= 15 is 0 Å². The van der Waals surface area contributed by atoms with Crippen molar-refractivity contribution in [3.05, 3.63) is 121 Å². The second-order valence-corrected chi connectivity index (χ2v) is 19.1. The molecule has 0 saturated carbocycles. The average molecular weight is 859 g/mol. The van der Waals surface area contributed by atoms with Crippen LogP contribution in [0.5, 0.6) is 0 Å². The second kappa shape index (κ2) is 16.4. The molecule has 8 aromatic carbocycles. The number of furan rings is 1. The molecule has 3 aromatic heterocycles. The van der Waals surface area contributed by atoms with Crippen molar-refractivity contribution in [2.45, 2.75) is 0 Å². The van der Waals surface area contributed by atoms with Crippen molar-refractivity contribution in [2.24, 2.45) is 0 Å². The fourth-order valence-corrected chi connectivity index (χ4v) is 11.1. The normalized spacial score (nSPS) is 11.6. The molecule has 0 spiro atoms. The van der Waals surface area contributed by atoms with Crippen LogP contribution in [0.15, 0.2) is 126 Å². The van der Waals surface area contributed by atoms with Gasteiger partial charge in [-0.1, -0.05) is 129 Å². The van der Waals surface area contributed by atoms with Crippen LogP contribution in [-0.4, -0.2) is 114 Å². The van der Waals surface area contributed by atoms with E-state index in [-0.39, 0.29) is 0 Å². The SMILES string of the molecule is Bc1c(B)c(B)c(-c2c(B)c(B)c3c(c2B)c2c(B)c(B)c(B)c(B)c2n3-c2ccc3c(c2)oc2cc(-c4nc(-c5ccccc5)nc(-c5cccc(-c6ccccc6)c5)n4)ccc23)c(B)c1B. The third kappa shape index (κ3) is 6.67. The zero-order chi connectivity index (χ0) is 47.4. The first-order valence-electron chi connectivity index (χ1n) is 23.8. The van der Waals surface area contributed by atoms with Gasteiger partial charge >= 0.3 is 0 Å². The molecule has 0 amide bonds. The van der Waals surface area contributed by atoms with E-state index in [1.165, 1.54) is 98.5 Å². The standard InChI is InChI=1S/C51H44B12N4O/c52-35-31(32-36(53)40(57)43(60)41(58)37(32)54)38(55)45(62)47-33(35)34-39(56)42(59)44(61)46(63)48(34)67(47)26-15-17-28-27-16-14-25(19-29(27)68-30(28)20-26)51-65-49(22-10-5-2-6-11-22)64-50(66-51)24-13-7-12-23(18-24)21-8-3-1-4-9-21/h1-20H,52-63H2. The van der Waals surface area contributed by atoms with E-state index in [1.54, 1.807) is 0 Å². The zero-order valence-corrected chi connectivity index (χ0v) is 41.2. The summed E-state index contributed by atoms with van der Waals surface area (Å²) in [5, 5.41) is 4.79. The summed E-state index contributed by atoms with van der Waals surface area (Å²) < 4.78 is 9.43. The molecule has 0 aliphatic rings. The Kier molecular flexibility index (Phi) is 10.6. The summed E-state index contributed by atoms with van der Waals surface area (Å²) in [6.45, 7) is 0. The smallest absolute Gasteiger partial charge is 0.164 e. The van der Waals surface area contributed by atoms with Crippen LogP contribution in [0.1, 0.15) is 0 Å². The maximum Gasteiger partial charge on any atom is 0.164 e. The van der Waals surface area contributed by atoms with Gasteiger partial charge in [-0.05, 0) is 58.0 Å². The first-order valence-corrected chi connectivity index (χ1v) is 23.8. The Labute approximate surface area is 408 Å². The maximum absolute atomic E-state index is 6.90. The van der Waals surface area contributed by atoms with Crippen molar-refractivity contribution in [3.8, 4) is 62.1 Å². The quantitative estimate of drug-likeness (QED) is 0.156. The molecule has 0 N–H and O–H groups in total. The second-order valence-electron chi connectivity index (χ2n) is 19.1. The Morgan fingerprint density at radius 3 is 1.38 bits per heavy atom. The van der Waals surface area contributed by atoms with Crippen LogP contribution in [0.3, 0.4) is 0 Å². The lowest BCUT2D eigenvalue weighted by molar-refractivity contribution is 0.668. The number of fused-ring (bicyclic) bond motifs is 6. The van der Waals surface area contributed by atoms with Gasteiger partial charge in [-0.3, -0.25) is 0 Å². The number of hydrogen-bond acceptors (Lipinski definition) is 4. The van der Waals surface area contributed by atoms with Crippen molar-refractivity contribution in [1.29, 1.82) is 0 Å². The molecule has 5 nitrogen and oxygen atoms in total. The van der Waals surface area contributed by atoms with Gasteiger partial charge < -0.3 is 8.98 Å². The summed E-state index contributed by atoms with van der Waals surface area (Å²) in [6, 6.07) is 42.1. The molecule has 11 aromatic rings. The number of benzene rings is 8. The molecular weight excluding hydrogens is 814 g/mol. The van der Waals surface area contributed by atoms with Gasteiger partial charge in [0, 0.05) is 55.6 Å². The van der Waals surface area contributed by atoms with Crippen LogP contribution in [0.2, 0.25) is 0 Å². The molecule has 310 valence electrons. The van der Waals surface area contributed by atoms with Gasteiger partial charge in [-0.15, -0.1) is 21.9 Å².